The highest BCUT2D eigenvalue weighted by Gasteiger charge is 2.36. The molecule has 9 heteroatoms. The number of hydrogen-bond donors (Lipinski definition) is 1. The Morgan fingerprint density at radius 3 is 2.30 bits per heavy atom. The van der Waals surface area contributed by atoms with Crippen molar-refractivity contribution in [3.05, 3.63) is 93.9 Å². The van der Waals surface area contributed by atoms with Gasteiger partial charge >= 0.3 is 5.97 Å². The molecule has 1 aliphatic rings. The second-order valence-electron chi connectivity index (χ2n) is 8.25. The Morgan fingerprint density at radius 2 is 1.62 bits per heavy atom. The van der Waals surface area contributed by atoms with Crippen molar-refractivity contribution < 1.29 is 28.7 Å². The fraction of sp³-hybridized carbons (Fsp3) is 0.143. The van der Waals surface area contributed by atoms with Crippen LogP contribution < -0.4 is 14.8 Å². The van der Waals surface area contributed by atoms with Gasteiger partial charge in [0.05, 0.1) is 17.6 Å². The Morgan fingerprint density at radius 1 is 0.946 bits per heavy atom. The van der Waals surface area contributed by atoms with Crippen LogP contribution in [-0.2, 0) is 9.59 Å². The molecule has 0 aliphatic carbocycles. The predicted octanol–water partition coefficient (Wildman–Crippen LogP) is 5.21. The summed E-state index contributed by atoms with van der Waals surface area (Å²) in [4.78, 5) is 51.2. The van der Waals surface area contributed by atoms with E-state index in [9.17, 15) is 19.2 Å². The number of imide groups is 1. The number of hydrogen-bond acceptors (Lipinski definition) is 7. The molecule has 3 aromatic rings. The Bertz CT molecular complexity index is 1400. The molecule has 1 saturated heterocycles. The molecule has 0 bridgehead atoms. The second kappa shape index (κ2) is 11.1. The van der Waals surface area contributed by atoms with Crippen LogP contribution in [0, 0.1) is 13.8 Å². The molecule has 1 heterocycles. The first-order valence-corrected chi connectivity index (χ1v) is 12.1. The van der Waals surface area contributed by atoms with E-state index in [1.807, 2.05) is 26.0 Å². The van der Waals surface area contributed by atoms with Crippen molar-refractivity contribution in [2.24, 2.45) is 0 Å². The number of methoxy groups -OCH3 is 1. The number of nitrogens with zero attached hydrogens (tertiary/aromatic N) is 1. The fourth-order valence-electron chi connectivity index (χ4n) is 3.53. The zero-order valence-corrected chi connectivity index (χ0v) is 21.3. The maximum absolute atomic E-state index is 12.8. The summed E-state index contributed by atoms with van der Waals surface area (Å²) in [5.41, 5.74) is 3.59. The molecule has 4 rings (SSSR count). The van der Waals surface area contributed by atoms with Crippen LogP contribution in [0.3, 0.4) is 0 Å². The number of rotatable bonds is 7. The number of ether oxygens (including phenoxy) is 2. The molecule has 0 radical (unpaired) electrons. The summed E-state index contributed by atoms with van der Waals surface area (Å²) in [6, 6.07) is 18.6. The maximum Gasteiger partial charge on any atom is 0.343 e. The number of aryl methyl sites for hydroxylation is 1. The largest absolute Gasteiger partial charge is 0.497 e. The SMILES string of the molecule is COc1ccc(C(=O)Oc2ccc(/C=C3/SC(=O)N(CC(=O)Nc4cccc(C)c4C)C3=O)cc2)cc1. The van der Waals surface area contributed by atoms with Gasteiger partial charge in [0.15, 0.2) is 0 Å². The lowest BCUT2D eigenvalue weighted by atomic mass is 10.1. The van der Waals surface area contributed by atoms with Crippen LogP contribution in [0.5, 0.6) is 11.5 Å². The third-order valence-corrected chi connectivity index (χ3v) is 6.68. The van der Waals surface area contributed by atoms with Gasteiger partial charge in [0.1, 0.15) is 18.0 Å². The number of benzene rings is 3. The van der Waals surface area contributed by atoms with Crippen molar-refractivity contribution in [3.63, 3.8) is 0 Å². The van der Waals surface area contributed by atoms with Gasteiger partial charge in [-0.1, -0.05) is 24.3 Å². The minimum atomic E-state index is -0.541. The highest BCUT2D eigenvalue weighted by molar-refractivity contribution is 8.18. The van der Waals surface area contributed by atoms with Gasteiger partial charge in [0.2, 0.25) is 5.91 Å². The lowest BCUT2D eigenvalue weighted by Gasteiger charge is -2.14. The van der Waals surface area contributed by atoms with E-state index in [0.29, 0.717) is 28.3 Å². The molecule has 0 aromatic heterocycles. The first-order chi connectivity index (χ1) is 17.7. The molecule has 1 aliphatic heterocycles. The van der Waals surface area contributed by atoms with E-state index in [1.165, 1.54) is 0 Å². The average Bonchev–Trinajstić information content (AvgIpc) is 3.15. The van der Waals surface area contributed by atoms with Gasteiger partial charge in [0.25, 0.3) is 11.1 Å². The normalized spacial score (nSPS) is 14.1. The van der Waals surface area contributed by atoms with Gasteiger partial charge in [-0.25, -0.2) is 4.79 Å². The molecule has 0 unspecified atom stereocenters. The predicted molar refractivity (Wildman–Crippen MR) is 142 cm³/mol. The summed E-state index contributed by atoms with van der Waals surface area (Å²) in [6.07, 6.45) is 1.56. The molecular formula is C28H24N2O6S. The van der Waals surface area contributed by atoms with Crippen molar-refractivity contribution in [1.82, 2.24) is 4.90 Å². The van der Waals surface area contributed by atoms with E-state index in [1.54, 1.807) is 67.8 Å². The molecule has 3 aromatic carbocycles. The van der Waals surface area contributed by atoms with E-state index in [2.05, 4.69) is 5.32 Å². The van der Waals surface area contributed by atoms with Crippen LogP contribution in [0.25, 0.3) is 6.08 Å². The number of anilines is 1. The molecule has 1 fully saturated rings. The van der Waals surface area contributed by atoms with Gasteiger partial charge in [-0.2, -0.15) is 0 Å². The van der Waals surface area contributed by atoms with Crippen LogP contribution in [0.2, 0.25) is 0 Å². The van der Waals surface area contributed by atoms with E-state index in [4.69, 9.17) is 9.47 Å². The lowest BCUT2D eigenvalue weighted by molar-refractivity contribution is -0.127. The van der Waals surface area contributed by atoms with Crippen LogP contribution in [0.15, 0.2) is 71.6 Å². The van der Waals surface area contributed by atoms with Crippen LogP contribution in [0.1, 0.15) is 27.0 Å². The van der Waals surface area contributed by atoms with E-state index >= 15 is 0 Å². The molecule has 3 amide bonds. The van der Waals surface area contributed by atoms with Crippen LogP contribution in [0.4, 0.5) is 10.5 Å². The molecule has 1 N–H and O–H groups in total. The number of esters is 1. The molecule has 0 saturated carbocycles. The third-order valence-electron chi connectivity index (χ3n) is 5.77. The average molecular weight is 517 g/mol. The zero-order chi connectivity index (χ0) is 26.5. The van der Waals surface area contributed by atoms with Gasteiger partial charge in [-0.3, -0.25) is 19.3 Å². The number of thioether (sulfide) groups is 1. The summed E-state index contributed by atoms with van der Waals surface area (Å²) in [7, 11) is 1.54. The fourth-order valence-corrected chi connectivity index (χ4v) is 4.37. The van der Waals surface area contributed by atoms with E-state index in [0.717, 1.165) is 27.8 Å². The van der Waals surface area contributed by atoms with E-state index in [-0.39, 0.29) is 11.4 Å². The summed E-state index contributed by atoms with van der Waals surface area (Å²) >= 11 is 0.769. The Hall–Kier alpha value is -4.37. The minimum absolute atomic E-state index is 0.201. The minimum Gasteiger partial charge on any atom is -0.497 e. The first kappa shape index (κ1) is 25.7. The Labute approximate surface area is 218 Å². The first-order valence-electron chi connectivity index (χ1n) is 11.3. The highest BCUT2D eigenvalue weighted by Crippen LogP contribution is 2.32. The molecule has 37 heavy (non-hydrogen) atoms. The number of amides is 3. The molecule has 188 valence electrons. The monoisotopic (exact) mass is 516 g/mol. The molecular weight excluding hydrogens is 492 g/mol. The quantitative estimate of drug-likeness (QED) is 0.261. The standard InChI is InChI=1S/C28H24N2O6S/c1-17-5-4-6-23(18(17)2)29-25(31)16-30-26(32)24(37-28(30)34)15-19-7-11-22(12-8-19)36-27(33)20-9-13-21(35-3)14-10-20/h4-15H,16H2,1-3H3,(H,29,31)/b24-15+. The van der Waals surface area contributed by atoms with Crippen LogP contribution >= 0.6 is 11.8 Å². The van der Waals surface area contributed by atoms with Crippen LogP contribution in [-0.4, -0.2) is 41.6 Å². The Kier molecular flexibility index (Phi) is 7.74. The smallest absolute Gasteiger partial charge is 0.343 e. The summed E-state index contributed by atoms with van der Waals surface area (Å²) in [5.74, 6) is -0.557. The maximum atomic E-state index is 12.8. The highest BCUT2D eigenvalue weighted by atomic mass is 32.2. The summed E-state index contributed by atoms with van der Waals surface area (Å²) in [6.45, 7) is 3.44. The molecule has 0 spiro atoms. The topological polar surface area (TPSA) is 102 Å². The van der Waals surface area contributed by atoms with Gasteiger partial charge < -0.3 is 14.8 Å². The molecule has 8 nitrogen and oxygen atoms in total. The number of carbonyl (C=O) groups is 4. The van der Waals surface area contributed by atoms with Gasteiger partial charge in [0, 0.05) is 5.69 Å². The van der Waals surface area contributed by atoms with E-state index < -0.39 is 23.0 Å². The van der Waals surface area contributed by atoms with Gasteiger partial charge in [-0.15, -0.1) is 0 Å². The molecule has 0 atom stereocenters. The van der Waals surface area contributed by atoms with Crippen molar-refractivity contribution in [1.29, 1.82) is 0 Å². The summed E-state index contributed by atoms with van der Waals surface area (Å²) in [5, 5.41) is 2.25. The third kappa shape index (κ3) is 6.07. The number of carbonyl (C=O) groups excluding carboxylic acids is 4. The number of nitrogens with one attached hydrogen (secondary N) is 1. The zero-order valence-electron chi connectivity index (χ0n) is 20.4. The van der Waals surface area contributed by atoms with Crippen molar-refractivity contribution in [3.8, 4) is 11.5 Å². The van der Waals surface area contributed by atoms with Crippen molar-refractivity contribution >= 4 is 46.5 Å². The summed E-state index contributed by atoms with van der Waals surface area (Å²) < 4.78 is 10.5. The van der Waals surface area contributed by atoms with Gasteiger partial charge in [-0.05, 0) is 90.8 Å². The second-order valence-corrected chi connectivity index (χ2v) is 9.24. The van der Waals surface area contributed by atoms with Crippen molar-refractivity contribution in [2.45, 2.75) is 13.8 Å². The lowest BCUT2D eigenvalue weighted by Crippen LogP contribution is -2.36. The van der Waals surface area contributed by atoms with Crippen molar-refractivity contribution in [2.75, 3.05) is 19.0 Å². The Balaban J connectivity index is 1.38.